The van der Waals surface area contributed by atoms with E-state index in [0.717, 1.165) is 4.88 Å². The number of hydrogen-bond acceptors (Lipinski definition) is 4. The smallest absolute Gasteiger partial charge is 0.262 e. The molecule has 0 atom stereocenters. The summed E-state index contributed by atoms with van der Waals surface area (Å²) in [5.41, 5.74) is 0.416. The van der Waals surface area contributed by atoms with E-state index in [9.17, 15) is 8.42 Å². The van der Waals surface area contributed by atoms with E-state index in [1.807, 2.05) is 7.05 Å². The lowest BCUT2D eigenvalue weighted by atomic mass is 10.3. The van der Waals surface area contributed by atoms with Crippen LogP contribution in [0.25, 0.3) is 0 Å². The SMILES string of the molecule is CNCc1cc(S(=O)(=O)Nc2cccc(Cl)c2Br)cs1. The topological polar surface area (TPSA) is 58.2 Å². The molecule has 1 aromatic heterocycles. The maximum atomic E-state index is 12.3. The van der Waals surface area contributed by atoms with Crippen molar-refractivity contribution in [2.45, 2.75) is 11.4 Å². The summed E-state index contributed by atoms with van der Waals surface area (Å²) in [6.45, 7) is 0.640. The third-order valence-corrected chi connectivity index (χ3v) is 6.32. The van der Waals surface area contributed by atoms with Gasteiger partial charge in [0.15, 0.2) is 0 Å². The molecular formula is C12H12BrClN2O2S2. The summed E-state index contributed by atoms with van der Waals surface area (Å²) in [6, 6.07) is 6.67. The zero-order valence-corrected chi connectivity index (χ0v) is 14.5. The van der Waals surface area contributed by atoms with Crippen LogP contribution in [-0.4, -0.2) is 15.5 Å². The molecule has 0 amide bonds. The Hall–Kier alpha value is -0.600. The van der Waals surface area contributed by atoms with Crippen LogP contribution in [0.2, 0.25) is 5.02 Å². The highest BCUT2D eigenvalue weighted by molar-refractivity contribution is 9.10. The van der Waals surface area contributed by atoms with Crippen molar-refractivity contribution in [2.24, 2.45) is 0 Å². The lowest BCUT2D eigenvalue weighted by Gasteiger charge is -2.09. The van der Waals surface area contributed by atoms with Gasteiger partial charge in [0, 0.05) is 16.8 Å². The molecular weight excluding hydrogens is 384 g/mol. The normalized spacial score (nSPS) is 11.6. The molecule has 20 heavy (non-hydrogen) atoms. The second-order valence-electron chi connectivity index (χ2n) is 3.99. The summed E-state index contributed by atoms with van der Waals surface area (Å²) >= 11 is 10.6. The monoisotopic (exact) mass is 394 g/mol. The van der Waals surface area contributed by atoms with Gasteiger partial charge < -0.3 is 5.32 Å². The Morgan fingerprint density at radius 1 is 1.40 bits per heavy atom. The first-order valence-corrected chi connectivity index (χ1v) is 9.16. The van der Waals surface area contributed by atoms with Gasteiger partial charge in [-0.05, 0) is 41.2 Å². The lowest BCUT2D eigenvalue weighted by molar-refractivity contribution is 0.601. The Labute approximate surface area is 135 Å². The highest BCUT2D eigenvalue weighted by Crippen LogP contribution is 2.32. The average molecular weight is 396 g/mol. The molecule has 1 heterocycles. The van der Waals surface area contributed by atoms with E-state index in [4.69, 9.17) is 11.6 Å². The molecule has 8 heteroatoms. The van der Waals surface area contributed by atoms with Gasteiger partial charge in [-0.2, -0.15) is 0 Å². The van der Waals surface area contributed by atoms with Crippen LogP contribution in [0.1, 0.15) is 4.88 Å². The Morgan fingerprint density at radius 3 is 2.85 bits per heavy atom. The Kier molecular flexibility index (Phi) is 5.09. The average Bonchev–Trinajstić information content (AvgIpc) is 2.85. The van der Waals surface area contributed by atoms with Crippen LogP contribution < -0.4 is 10.0 Å². The highest BCUT2D eigenvalue weighted by atomic mass is 79.9. The largest absolute Gasteiger partial charge is 0.315 e. The third kappa shape index (κ3) is 3.53. The molecule has 0 saturated carbocycles. The van der Waals surface area contributed by atoms with Crippen molar-refractivity contribution in [2.75, 3.05) is 11.8 Å². The van der Waals surface area contributed by atoms with Crippen LogP contribution in [-0.2, 0) is 16.6 Å². The lowest BCUT2D eigenvalue weighted by Crippen LogP contribution is -2.12. The molecule has 0 aliphatic heterocycles. The zero-order chi connectivity index (χ0) is 14.8. The maximum Gasteiger partial charge on any atom is 0.262 e. The van der Waals surface area contributed by atoms with E-state index in [-0.39, 0.29) is 4.90 Å². The molecule has 4 nitrogen and oxygen atoms in total. The number of thiophene rings is 1. The molecule has 2 rings (SSSR count). The van der Waals surface area contributed by atoms with Gasteiger partial charge in [-0.3, -0.25) is 4.72 Å². The van der Waals surface area contributed by atoms with E-state index >= 15 is 0 Å². The Balaban J connectivity index is 2.28. The number of hydrogen-bond donors (Lipinski definition) is 2. The zero-order valence-electron chi connectivity index (χ0n) is 10.5. The van der Waals surface area contributed by atoms with Crippen LogP contribution in [0, 0.1) is 0 Å². The van der Waals surface area contributed by atoms with Crippen molar-refractivity contribution in [1.82, 2.24) is 5.32 Å². The number of nitrogens with one attached hydrogen (secondary N) is 2. The molecule has 0 radical (unpaired) electrons. The molecule has 0 aliphatic carbocycles. The van der Waals surface area contributed by atoms with E-state index < -0.39 is 10.0 Å². The van der Waals surface area contributed by atoms with Crippen molar-refractivity contribution in [3.63, 3.8) is 0 Å². The van der Waals surface area contributed by atoms with Gasteiger partial charge in [0.05, 0.1) is 20.1 Å². The first-order valence-electron chi connectivity index (χ1n) is 5.63. The number of sulfonamides is 1. The van der Waals surface area contributed by atoms with Crippen molar-refractivity contribution >= 4 is 54.6 Å². The first-order chi connectivity index (χ1) is 9.44. The summed E-state index contributed by atoms with van der Waals surface area (Å²) in [4.78, 5) is 1.21. The van der Waals surface area contributed by atoms with Crippen molar-refractivity contribution in [3.8, 4) is 0 Å². The molecule has 0 saturated heterocycles. The molecule has 0 spiro atoms. The number of benzene rings is 1. The molecule has 108 valence electrons. The summed E-state index contributed by atoms with van der Waals surface area (Å²) in [7, 11) is -1.79. The van der Waals surface area contributed by atoms with Gasteiger partial charge >= 0.3 is 0 Å². The maximum absolute atomic E-state index is 12.3. The minimum atomic E-state index is -3.61. The van der Waals surface area contributed by atoms with Gasteiger partial charge in [-0.15, -0.1) is 11.3 Å². The van der Waals surface area contributed by atoms with Crippen LogP contribution in [0.5, 0.6) is 0 Å². The molecule has 0 aliphatic rings. The second kappa shape index (κ2) is 6.44. The van der Waals surface area contributed by atoms with E-state index in [1.165, 1.54) is 11.3 Å². The van der Waals surface area contributed by atoms with Crippen molar-refractivity contribution in [1.29, 1.82) is 0 Å². The standard InChI is InChI=1S/C12H12BrClN2O2S2/c1-15-6-8-5-9(7-19-8)20(17,18)16-11-4-2-3-10(14)12(11)13/h2-5,7,15-16H,6H2,1H3. The van der Waals surface area contributed by atoms with Gasteiger partial charge in [0.2, 0.25) is 0 Å². The van der Waals surface area contributed by atoms with E-state index in [2.05, 4.69) is 26.0 Å². The van der Waals surface area contributed by atoms with Crippen molar-refractivity contribution in [3.05, 3.63) is 44.0 Å². The van der Waals surface area contributed by atoms with Crippen LogP contribution >= 0.6 is 38.9 Å². The van der Waals surface area contributed by atoms with Gasteiger partial charge in [0.25, 0.3) is 10.0 Å². The number of rotatable bonds is 5. The van der Waals surface area contributed by atoms with Crippen LogP contribution in [0.15, 0.2) is 39.0 Å². The Bertz CT molecular complexity index is 716. The third-order valence-electron chi connectivity index (χ3n) is 2.49. The summed E-state index contributed by atoms with van der Waals surface area (Å²) in [6.07, 6.45) is 0. The van der Waals surface area contributed by atoms with Crippen LogP contribution in [0.3, 0.4) is 0 Å². The number of halogens is 2. The highest BCUT2D eigenvalue weighted by Gasteiger charge is 2.18. The second-order valence-corrected chi connectivity index (χ2v) is 7.86. The van der Waals surface area contributed by atoms with E-state index in [0.29, 0.717) is 21.7 Å². The Morgan fingerprint density at radius 2 is 2.15 bits per heavy atom. The van der Waals surface area contributed by atoms with Gasteiger partial charge in [-0.1, -0.05) is 17.7 Å². The molecule has 2 aromatic rings. The molecule has 0 fully saturated rings. The van der Waals surface area contributed by atoms with E-state index in [1.54, 1.807) is 29.6 Å². The minimum absolute atomic E-state index is 0.250. The summed E-state index contributed by atoms with van der Waals surface area (Å²) < 4.78 is 27.6. The molecule has 1 aromatic carbocycles. The molecule has 0 unspecified atom stereocenters. The van der Waals surface area contributed by atoms with Crippen molar-refractivity contribution < 1.29 is 8.42 Å². The molecule has 2 N–H and O–H groups in total. The summed E-state index contributed by atoms with van der Waals surface area (Å²) in [5.74, 6) is 0. The quantitative estimate of drug-likeness (QED) is 0.812. The fourth-order valence-corrected chi connectivity index (χ4v) is 4.58. The minimum Gasteiger partial charge on any atom is -0.315 e. The predicted molar refractivity (Wildman–Crippen MR) is 87.0 cm³/mol. The molecule has 0 bridgehead atoms. The fraction of sp³-hybridized carbons (Fsp3) is 0.167. The first kappa shape index (κ1) is 15.8. The van der Waals surface area contributed by atoms with Gasteiger partial charge in [-0.25, -0.2) is 8.42 Å². The predicted octanol–water partition coefficient (Wildman–Crippen LogP) is 3.68. The summed E-state index contributed by atoms with van der Waals surface area (Å²) in [5, 5.41) is 5.05. The number of anilines is 1. The van der Waals surface area contributed by atoms with Crippen LogP contribution in [0.4, 0.5) is 5.69 Å². The fourth-order valence-electron chi connectivity index (χ4n) is 1.55. The van der Waals surface area contributed by atoms with Gasteiger partial charge in [0.1, 0.15) is 0 Å².